The van der Waals surface area contributed by atoms with Crippen LogP contribution in [0.15, 0.2) is 27.3 Å². The number of halogens is 6. The predicted octanol–water partition coefficient (Wildman–Crippen LogP) is 4.97. The van der Waals surface area contributed by atoms with Gasteiger partial charge in [0, 0.05) is 10.0 Å². The first-order valence-corrected chi connectivity index (χ1v) is 8.96. The standard InChI is InChI=1S/C19H12BrF5N2O3/c1-7-10(5-8-4-9(20)6-11(29-2)18(8)30-3)19(28)27(26-7)17-15(24)13(22)12(21)14(23)16(17)25/h4-6H,1-3H3/b10-5-. The van der Waals surface area contributed by atoms with Crippen LogP contribution in [0.4, 0.5) is 27.6 Å². The van der Waals surface area contributed by atoms with Gasteiger partial charge in [-0.05, 0) is 25.1 Å². The molecule has 0 fully saturated rings. The van der Waals surface area contributed by atoms with Crippen molar-refractivity contribution in [1.29, 1.82) is 0 Å². The molecular formula is C19H12BrF5N2O3. The molecule has 1 heterocycles. The first kappa shape index (κ1) is 21.8. The molecule has 3 rings (SSSR count). The summed E-state index contributed by atoms with van der Waals surface area (Å²) in [5.41, 5.74) is -1.26. The summed E-state index contributed by atoms with van der Waals surface area (Å²) < 4.78 is 79.7. The lowest BCUT2D eigenvalue weighted by Crippen LogP contribution is -2.25. The van der Waals surface area contributed by atoms with Gasteiger partial charge in [0.1, 0.15) is 5.69 Å². The summed E-state index contributed by atoms with van der Waals surface area (Å²) in [7, 11) is 2.77. The maximum absolute atomic E-state index is 14.1. The van der Waals surface area contributed by atoms with Crippen LogP contribution >= 0.6 is 15.9 Å². The van der Waals surface area contributed by atoms with Crippen molar-refractivity contribution in [2.45, 2.75) is 6.92 Å². The molecule has 11 heteroatoms. The van der Waals surface area contributed by atoms with Crippen molar-refractivity contribution < 1.29 is 36.2 Å². The summed E-state index contributed by atoms with van der Waals surface area (Å²) in [6, 6.07) is 3.19. The molecule has 158 valence electrons. The van der Waals surface area contributed by atoms with E-state index in [4.69, 9.17) is 9.47 Å². The average Bonchev–Trinajstić information content (AvgIpc) is 2.98. The van der Waals surface area contributed by atoms with Crippen LogP contribution in [-0.4, -0.2) is 25.8 Å². The first-order valence-electron chi connectivity index (χ1n) is 8.17. The topological polar surface area (TPSA) is 51.1 Å². The van der Waals surface area contributed by atoms with Crippen LogP contribution in [0.25, 0.3) is 6.08 Å². The Morgan fingerprint density at radius 3 is 2.07 bits per heavy atom. The van der Waals surface area contributed by atoms with E-state index in [9.17, 15) is 26.7 Å². The van der Waals surface area contributed by atoms with E-state index in [1.165, 1.54) is 27.2 Å². The third kappa shape index (κ3) is 3.42. The number of carbonyl (C=O) groups is 1. The lowest BCUT2D eigenvalue weighted by atomic mass is 10.1. The van der Waals surface area contributed by atoms with Gasteiger partial charge in [-0.25, -0.2) is 22.0 Å². The molecule has 1 aliphatic rings. The average molecular weight is 491 g/mol. The molecule has 0 aromatic heterocycles. The maximum atomic E-state index is 14.1. The highest BCUT2D eigenvalue weighted by atomic mass is 79.9. The van der Waals surface area contributed by atoms with E-state index < -0.39 is 40.7 Å². The van der Waals surface area contributed by atoms with Crippen LogP contribution in [0.2, 0.25) is 0 Å². The second-order valence-corrected chi connectivity index (χ2v) is 6.93. The number of hydrazone groups is 1. The Kier molecular flexibility index (Phi) is 5.84. The SMILES string of the molecule is COc1cc(Br)cc(/C=C2\C(=O)N(c3c(F)c(F)c(F)c(F)c3F)N=C2C)c1OC. The van der Waals surface area contributed by atoms with Crippen LogP contribution in [0.1, 0.15) is 12.5 Å². The molecule has 0 saturated carbocycles. The number of ether oxygens (including phenoxy) is 2. The van der Waals surface area contributed by atoms with Crippen molar-refractivity contribution >= 4 is 39.3 Å². The number of amides is 1. The normalized spacial score (nSPS) is 15.1. The van der Waals surface area contributed by atoms with Gasteiger partial charge in [0.05, 0.1) is 25.5 Å². The second-order valence-electron chi connectivity index (χ2n) is 6.01. The molecule has 2 aromatic rings. The number of anilines is 1. The molecule has 5 nitrogen and oxygen atoms in total. The first-order chi connectivity index (χ1) is 14.1. The monoisotopic (exact) mass is 490 g/mol. The molecule has 2 aromatic carbocycles. The van der Waals surface area contributed by atoms with Gasteiger partial charge in [0.15, 0.2) is 34.8 Å². The fourth-order valence-corrected chi connectivity index (χ4v) is 3.29. The smallest absolute Gasteiger partial charge is 0.280 e. The summed E-state index contributed by atoms with van der Waals surface area (Å²) in [6.07, 6.45) is 1.30. The Labute approximate surface area is 175 Å². The number of hydrogen-bond donors (Lipinski definition) is 0. The quantitative estimate of drug-likeness (QED) is 0.263. The highest BCUT2D eigenvalue weighted by Gasteiger charge is 2.37. The van der Waals surface area contributed by atoms with E-state index in [0.717, 1.165) is 0 Å². The lowest BCUT2D eigenvalue weighted by Gasteiger charge is -2.15. The molecule has 0 bridgehead atoms. The summed E-state index contributed by atoms with van der Waals surface area (Å²) in [5.74, 6) is -11.5. The van der Waals surface area contributed by atoms with Crippen molar-refractivity contribution in [2.75, 3.05) is 19.2 Å². The van der Waals surface area contributed by atoms with Crippen molar-refractivity contribution in [1.82, 2.24) is 0 Å². The Morgan fingerprint density at radius 1 is 0.967 bits per heavy atom. The van der Waals surface area contributed by atoms with Gasteiger partial charge in [-0.15, -0.1) is 0 Å². The minimum absolute atomic E-state index is 0.00932. The molecule has 0 spiro atoms. The molecular weight excluding hydrogens is 479 g/mol. The van der Waals surface area contributed by atoms with Gasteiger partial charge >= 0.3 is 0 Å². The van der Waals surface area contributed by atoms with E-state index in [2.05, 4.69) is 21.0 Å². The van der Waals surface area contributed by atoms with Crippen molar-refractivity contribution in [3.05, 3.63) is 56.8 Å². The van der Waals surface area contributed by atoms with Gasteiger partial charge in [0.2, 0.25) is 5.82 Å². The molecule has 0 saturated heterocycles. The van der Waals surface area contributed by atoms with Gasteiger partial charge in [-0.2, -0.15) is 10.1 Å². The highest BCUT2D eigenvalue weighted by molar-refractivity contribution is 9.10. The summed E-state index contributed by atoms with van der Waals surface area (Å²) >= 11 is 3.28. The number of rotatable bonds is 4. The number of methoxy groups -OCH3 is 2. The molecule has 0 N–H and O–H groups in total. The van der Waals surface area contributed by atoms with E-state index in [1.807, 2.05) is 0 Å². The third-order valence-corrected chi connectivity index (χ3v) is 4.69. The largest absolute Gasteiger partial charge is 0.493 e. The molecule has 30 heavy (non-hydrogen) atoms. The van der Waals surface area contributed by atoms with E-state index in [-0.39, 0.29) is 22.0 Å². The zero-order chi connectivity index (χ0) is 22.3. The van der Waals surface area contributed by atoms with Crippen molar-refractivity contribution in [2.24, 2.45) is 5.10 Å². The molecule has 1 amide bonds. The van der Waals surface area contributed by atoms with Gasteiger partial charge in [-0.1, -0.05) is 15.9 Å². The summed E-state index contributed by atoms with van der Waals surface area (Å²) in [4.78, 5) is 12.8. The van der Waals surface area contributed by atoms with Crippen LogP contribution in [0.3, 0.4) is 0 Å². The number of hydrogen-bond acceptors (Lipinski definition) is 4. The fraction of sp³-hybridized carbons (Fsp3) is 0.158. The van der Waals surface area contributed by atoms with Crippen molar-refractivity contribution in [3.8, 4) is 11.5 Å². The fourth-order valence-electron chi connectivity index (χ4n) is 2.84. The maximum Gasteiger partial charge on any atom is 0.280 e. The molecule has 0 unspecified atom stereocenters. The number of benzene rings is 2. The van der Waals surface area contributed by atoms with Gasteiger partial charge in [-0.3, -0.25) is 4.79 Å². The third-order valence-electron chi connectivity index (χ3n) is 4.23. The minimum atomic E-state index is -2.33. The van der Waals surface area contributed by atoms with E-state index in [0.29, 0.717) is 15.8 Å². The van der Waals surface area contributed by atoms with Crippen LogP contribution in [0.5, 0.6) is 11.5 Å². The van der Waals surface area contributed by atoms with Gasteiger partial charge < -0.3 is 9.47 Å². The van der Waals surface area contributed by atoms with Gasteiger partial charge in [0.25, 0.3) is 5.91 Å². The van der Waals surface area contributed by atoms with E-state index in [1.54, 1.807) is 12.1 Å². The highest BCUT2D eigenvalue weighted by Crippen LogP contribution is 2.38. The lowest BCUT2D eigenvalue weighted by molar-refractivity contribution is -0.114. The number of carbonyl (C=O) groups excluding carboxylic acids is 1. The molecule has 0 aliphatic carbocycles. The Hall–Kier alpha value is -2.95. The van der Waals surface area contributed by atoms with E-state index >= 15 is 0 Å². The summed E-state index contributed by atoms with van der Waals surface area (Å²) in [5, 5.41) is 3.82. The number of nitrogens with zero attached hydrogens (tertiary/aromatic N) is 2. The Morgan fingerprint density at radius 2 is 1.53 bits per heavy atom. The van der Waals surface area contributed by atoms with Crippen LogP contribution in [-0.2, 0) is 4.79 Å². The zero-order valence-corrected chi connectivity index (χ0v) is 17.2. The molecule has 0 atom stereocenters. The minimum Gasteiger partial charge on any atom is -0.493 e. The van der Waals surface area contributed by atoms with Crippen LogP contribution in [0, 0.1) is 29.1 Å². The van der Waals surface area contributed by atoms with Crippen LogP contribution < -0.4 is 14.5 Å². The Bertz CT molecular complexity index is 1100. The second kappa shape index (κ2) is 8.05. The summed E-state index contributed by atoms with van der Waals surface area (Å²) in [6.45, 7) is 1.34. The predicted molar refractivity (Wildman–Crippen MR) is 102 cm³/mol. The molecule has 0 radical (unpaired) electrons. The molecule has 1 aliphatic heterocycles. The Balaban J connectivity index is 2.14. The van der Waals surface area contributed by atoms with Crippen molar-refractivity contribution in [3.63, 3.8) is 0 Å². The zero-order valence-electron chi connectivity index (χ0n) is 15.6.